The first-order valence-electron chi connectivity index (χ1n) is 5.07. The van der Waals surface area contributed by atoms with Crippen molar-refractivity contribution < 1.29 is 23.9 Å². The Morgan fingerprint density at radius 2 is 2.06 bits per heavy atom. The van der Waals surface area contributed by atoms with Gasteiger partial charge in [0.05, 0.1) is 26.0 Å². The monoisotopic (exact) mass is 249 g/mol. The van der Waals surface area contributed by atoms with Gasteiger partial charge in [-0.15, -0.1) is 0 Å². The third-order valence-corrected chi connectivity index (χ3v) is 2.46. The van der Waals surface area contributed by atoms with Crippen LogP contribution in [0.4, 0.5) is 0 Å². The summed E-state index contributed by atoms with van der Waals surface area (Å²) in [5.74, 6) is -0.303. The third kappa shape index (κ3) is 2.00. The van der Waals surface area contributed by atoms with Crippen molar-refractivity contribution >= 4 is 5.97 Å². The first-order valence-corrected chi connectivity index (χ1v) is 5.07. The van der Waals surface area contributed by atoms with Crippen LogP contribution >= 0.6 is 0 Å². The van der Waals surface area contributed by atoms with Gasteiger partial charge in [-0.1, -0.05) is 5.16 Å². The summed E-state index contributed by atoms with van der Waals surface area (Å²) in [4.78, 5) is 11.0. The molecule has 1 aromatic carbocycles. The summed E-state index contributed by atoms with van der Waals surface area (Å²) < 4.78 is 15.0. The normalized spacial score (nSPS) is 10.1. The summed E-state index contributed by atoms with van der Waals surface area (Å²) in [5, 5.41) is 12.5. The van der Waals surface area contributed by atoms with Crippen molar-refractivity contribution in [2.75, 3.05) is 14.2 Å². The number of hydrogen-bond acceptors (Lipinski definition) is 5. The number of carboxylic acids is 1. The smallest absolute Gasteiger partial charge is 0.375 e. The molecule has 0 atom stereocenters. The first-order chi connectivity index (χ1) is 8.67. The number of carbonyl (C=O) groups is 1. The summed E-state index contributed by atoms with van der Waals surface area (Å²) in [6, 6.07) is 5.06. The number of aromatic carboxylic acids is 1. The van der Waals surface area contributed by atoms with Gasteiger partial charge in [-0.25, -0.2) is 4.79 Å². The van der Waals surface area contributed by atoms with Gasteiger partial charge in [-0.2, -0.15) is 0 Å². The van der Waals surface area contributed by atoms with Crippen molar-refractivity contribution in [3.63, 3.8) is 0 Å². The molecule has 0 amide bonds. The topological polar surface area (TPSA) is 81.8 Å². The fraction of sp³-hybridized carbons (Fsp3) is 0.167. The van der Waals surface area contributed by atoms with Crippen molar-refractivity contribution in [3.05, 3.63) is 30.2 Å². The zero-order valence-corrected chi connectivity index (χ0v) is 9.84. The highest BCUT2D eigenvalue weighted by molar-refractivity contribution is 5.93. The fourth-order valence-electron chi connectivity index (χ4n) is 1.61. The standard InChI is InChI=1S/C12H11NO5/c1-16-7-3-4-8(10(5-7)17-2)9-6-13-18-11(9)12(14)15/h3-6H,1-2H3,(H,14,15). The van der Waals surface area contributed by atoms with Crippen LogP contribution in [0.5, 0.6) is 11.5 Å². The van der Waals surface area contributed by atoms with E-state index in [1.807, 2.05) is 0 Å². The highest BCUT2D eigenvalue weighted by atomic mass is 16.5. The molecule has 94 valence electrons. The number of aromatic nitrogens is 1. The SMILES string of the molecule is COc1ccc(-c2cnoc2C(=O)O)c(OC)c1. The maximum absolute atomic E-state index is 11.0. The molecule has 1 N–H and O–H groups in total. The molecule has 1 aromatic heterocycles. The van der Waals surface area contributed by atoms with Gasteiger partial charge < -0.3 is 19.1 Å². The maximum atomic E-state index is 11.0. The molecule has 0 saturated heterocycles. The molecule has 2 rings (SSSR count). The van der Waals surface area contributed by atoms with Crippen LogP contribution in [0.3, 0.4) is 0 Å². The number of carboxylic acid groups (broad SMARTS) is 1. The molecule has 6 heteroatoms. The van der Waals surface area contributed by atoms with Gasteiger partial charge in [0, 0.05) is 11.6 Å². The molecule has 0 bridgehead atoms. The number of benzene rings is 1. The van der Waals surface area contributed by atoms with Gasteiger partial charge in [0.15, 0.2) is 0 Å². The van der Waals surface area contributed by atoms with E-state index in [9.17, 15) is 4.79 Å². The molecule has 2 aromatic rings. The molecular weight excluding hydrogens is 238 g/mol. The van der Waals surface area contributed by atoms with E-state index in [0.717, 1.165) is 0 Å². The van der Waals surface area contributed by atoms with Gasteiger partial charge in [-0.05, 0) is 12.1 Å². The van der Waals surface area contributed by atoms with Crippen molar-refractivity contribution in [1.29, 1.82) is 0 Å². The summed E-state index contributed by atoms with van der Waals surface area (Å²) in [5.41, 5.74) is 0.943. The average Bonchev–Trinajstić information content (AvgIpc) is 2.87. The van der Waals surface area contributed by atoms with Crippen LogP contribution in [-0.4, -0.2) is 30.5 Å². The lowest BCUT2D eigenvalue weighted by atomic mass is 10.1. The second-order valence-corrected chi connectivity index (χ2v) is 3.44. The van der Waals surface area contributed by atoms with Gasteiger partial charge >= 0.3 is 5.97 Å². The highest BCUT2D eigenvalue weighted by Crippen LogP contribution is 2.35. The fourth-order valence-corrected chi connectivity index (χ4v) is 1.61. The molecule has 0 radical (unpaired) electrons. The molecule has 6 nitrogen and oxygen atoms in total. The molecule has 18 heavy (non-hydrogen) atoms. The zero-order valence-electron chi connectivity index (χ0n) is 9.84. The van der Waals surface area contributed by atoms with E-state index < -0.39 is 5.97 Å². The van der Waals surface area contributed by atoms with Gasteiger partial charge in [0.1, 0.15) is 11.5 Å². The average molecular weight is 249 g/mol. The van der Waals surface area contributed by atoms with Crippen LogP contribution in [0.1, 0.15) is 10.6 Å². The van der Waals surface area contributed by atoms with E-state index in [2.05, 4.69) is 5.16 Å². The molecule has 0 saturated carbocycles. The second-order valence-electron chi connectivity index (χ2n) is 3.44. The summed E-state index contributed by atoms with van der Waals surface area (Å²) in [6.45, 7) is 0. The number of methoxy groups -OCH3 is 2. The highest BCUT2D eigenvalue weighted by Gasteiger charge is 2.20. The van der Waals surface area contributed by atoms with Crippen LogP contribution in [0.25, 0.3) is 11.1 Å². The third-order valence-electron chi connectivity index (χ3n) is 2.46. The van der Waals surface area contributed by atoms with Crippen LogP contribution in [0.2, 0.25) is 0 Å². The number of rotatable bonds is 4. The number of nitrogens with zero attached hydrogens (tertiary/aromatic N) is 1. The van der Waals surface area contributed by atoms with E-state index >= 15 is 0 Å². The van der Waals surface area contributed by atoms with E-state index in [1.54, 1.807) is 18.2 Å². The van der Waals surface area contributed by atoms with Gasteiger partial charge in [0.25, 0.3) is 5.76 Å². The second kappa shape index (κ2) is 4.79. The lowest BCUT2D eigenvalue weighted by Gasteiger charge is -2.08. The number of ether oxygens (including phenoxy) is 2. The summed E-state index contributed by atoms with van der Waals surface area (Å²) >= 11 is 0. The van der Waals surface area contributed by atoms with Crippen molar-refractivity contribution in [2.24, 2.45) is 0 Å². The summed E-state index contributed by atoms with van der Waals surface area (Å²) in [7, 11) is 3.03. The predicted molar refractivity (Wildman–Crippen MR) is 62.0 cm³/mol. The lowest BCUT2D eigenvalue weighted by molar-refractivity contribution is 0.0653. The minimum Gasteiger partial charge on any atom is -0.497 e. The summed E-state index contributed by atoms with van der Waals surface area (Å²) in [6.07, 6.45) is 1.34. The first kappa shape index (κ1) is 12.0. The molecule has 0 spiro atoms. The van der Waals surface area contributed by atoms with Crippen LogP contribution in [0, 0.1) is 0 Å². The Hall–Kier alpha value is -2.50. The van der Waals surface area contributed by atoms with Crippen molar-refractivity contribution in [1.82, 2.24) is 5.16 Å². The van der Waals surface area contributed by atoms with Crippen molar-refractivity contribution in [2.45, 2.75) is 0 Å². The van der Waals surface area contributed by atoms with E-state index in [0.29, 0.717) is 22.6 Å². The predicted octanol–water partition coefficient (Wildman–Crippen LogP) is 2.06. The quantitative estimate of drug-likeness (QED) is 0.893. The lowest BCUT2D eigenvalue weighted by Crippen LogP contribution is -1.97. The van der Waals surface area contributed by atoms with Gasteiger partial charge in [0.2, 0.25) is 0 Å². The molecule has 0 fully saturated rings. The molecule has 1 heterocycles. The molecule has 0 aliphatic heterocycles. The van der Waals surface area contributed by atoms with E-state index in [4.69, 9.17) is 19.1 Å². The minimum atomic E-state index is -1.18. The Balaban J connectivity index is 2.56. The van der Waals surface area contributed by atoms with Crippen molar-refractivity contribution in [3.8, 4) is 22.6 Å². The maximum Gasteiger partial charge on any atom is 0.375 e. The van der Waals surface area contributed by atoms with E-state index in [-0.39, 0.29) is 5.76 Å². The molecule has 0 unspecified atom stereocenters. The van der Waals surface area contributed by atoms with E-state index in [1.165, 1.54) is 20.4 Å². The van der Waals surface area contributed by atoms with Crippen LogP contribution in [-0.2, 0) is 0 Å². The molecular formula is C12H11NO5. The zero-order chi connectivity index (χ0) is 13.1. The Labute approximate surface area is 103 Å². The Morgan fingerprint density at radius 3 is 2.67 bits per heavy atom. The Morgan fingerprint density at radius 1 is 1.28 bits per heavy atom. The van der Waals surface area contributed by atoms with Crippen LogP contribution in [0.15, 0.2) is 28.9 Å². The molecule has 0 aliphatic rings. The molecule has 0 aliphatic carbocycles. The number of hydrogen-bond donors (Lipinski definition) is 1. The Kier molecular flexibility index (Phi) is 3.18. The minimum absolute atomic E-state index is 0.224. The van der Waals surface area contributed by atoms with Crippen LogP contribution < -0.4 is 9.47 Å². The van der Waals surface area contributed by atoms with Gasteiger partial charge in [-0.3, -0.25) is 0 Å². The largest absolute Gasteiger partial charge is 0.497 e. The Bertz CT molecular complexity index is 576.